The molecule has 184 valence electrons. The lowest BCUT2D eigenvalue weighted by atomic mass is 9.97. The minimum Gasteiger partial charge on any atom is -0.390 e. The highest BCUT2D eigenvalue weighted by atomic mass is 32.2. The molecule has 0 spiro atoms. The molecule has 0 amide bonds. The van der Waals surface area contributed by atoms with Crippen LogP contribution in [0.25, 0.3) is 0 Å². The normalized spacial score (nSPS) is 19.2. The van der Waals surface area contributed by atoms with Gasteiger partial charge in [-0.25, -0.2) is 22.2 Å². The molecule has 1 aliphatic heterocycles. The van der Waals surface area contributed by atoms with Gasteiger partial charge in [0.15, 0.2) is 15.0 Å². The molecule has 2 aromatic carbocycles. The number of benzene rings is 2. The Bertz CT molecular complexity index is 1150. The number of sulfone groups is 1. The van der Waals surface area contributed by atoms with Crippen LogP contribution in [0.5, 0.6) is 0 Å². The number of aliphatic hydroxyl groups excluding tert-OH is 1. The van der Waals surface area contributed by atoms with Gasteiger partial charge in [-0.15, -0.1) is 12.6 Å². The van der Waals surface area contributed by atoms with E-state index in [1.165, 1.54) is 12.1 Å². The first-order chi connectivity index (χ1) is 16.1. The van der Waals surface area contributed by atoms with Crippen LogP contribution in [-0.4, -0.2) is 49.5 Å². The largest absolute Gasteiger partial charge is 0.390 e. The minimum atomic E-state index is -3.32. The molecule has 0 saturated heterocycles. The van der Waals surface area contributed by atoms with Crippen LogP contribution in [0.3, 0.4) is 0 Å². The number of amidine groups is 1. The van der Waals surface area contributed by atoms with E-state index in [2.05, 4.69) is 28.3 Å². The molecule has 1 heterocycles. The molecule has 0 saturated carbocycles. The third kappa shape index (κ3) is 7.08. The second kappa shape index (κ2) is 11.4. The van der Waals surface area contributed by atoms with Gasteiger partial charge in [0.25, 0.3) is 0 Å². The Morgan fingerprint density at radius 1 is 1.26 bits per heavy atom. The number of nitrogens with zero attached hydrogens (tertiary/aromatic N) is 1. The summed E-state index contributed by atoms with van der Waals surface area (Å²) in [6.07, 6.45) is 0.516. The van der Waals surface area contributed by atoms with Crippen molar-refractivity contribution in [3.8, 4) is 0 Å². The van der Waals surface area contributed by atoms with E-state index in [0.717, 1.165) is 35.5 Å². The van der Waals surface area contributed by atoms with Gasteiger partial charge in [-0.3, -0.25) is 5.41 Å². The van der Waals surface area contributed by atoms with Gasteiger partial charge in [0.05, 0.1) is 23.7 Å². The van der Waals surface area contributed by atoms with E-state index >= 15 is 0 Å². The number of hydrogen-bond acceptors (Lipinski definition) is 5. The Balaban J connectivity index is 1.80. The Labute approximate surface area is 203 Å². The fraction of sp³-hybridized carbons (Fsp3) is 0.391. The molecule has 2 aromatic rings. The van der Waals surface area contributed by atoms with Crippen LogP contribution in [0.4, 0.5) is 8.78 Å². The minimum absolute atomic E-state index is 0.00289. The lowest BCUT2D eigenvalue weighted by molar-refractivity contribution is 0.131. The molecule has 0 aliphatic carbocycles. The molecule has 3 unspecified atom stereocenters. The molecule has 11 heteroatoms. The van der Waals surface area contributed by atoms with Crippen molar-refractivity contribution in [1.29, 1.82) is 5.41 Å². The van der Waals surface area contributed by atoms with Crippen LogP contribution in [0.1, 0.15) is 35.2 Å². The Hall–Kier alpha value is -2.34. The summed E-state index contributed by atoms with van der Waals surface area (Å²) in [6, 6.07) is 7.55. The zero-order chi connectivity index (χ0) is 24.9. The fourth-order valence-electron chi connectivity index (χ4n) is 4.06. The van der Waals surface area contributed by atoms with Crippen molar-refractivity contribution in [3.63, 3.8) is 0 Å². The molecular formula is C23H28F2N4O3S2. The molecule has 0 fully saturated rings. The highest BCUT2D eigenvalue weighted by Gasteiger charge is 2.31. The smallest absolute Gasteiger partial charge is 0.160 e. The maximum absolute atomic E-state index is 13.7. The van der Waals surface area contributed by atoms with Crippen molar-refractivity contribution >= 4 is 34.0 Å². The first kappa shape index (κ1) is 26.3. The Morgan fingerprint density at radius 3 is 2.62 bits per heavy atom. The number of aliphatic imine (C=N–C) groups is 1. The number of rotatable bonds is 9. The van der Waals surface area contributed by atoms with Crippen molar-refractivity contribution in [2.45, 2.75) is 43.7 Å². The second-order valence-electron chi connectivity index (χ2n) is 8.28. The second-order valence-corrected chi connectivity index (χ2v) is 10.8. The highest BCUT2D eigenvalue weighted by Crippen LogP contribution is 2.29. The number of thiol groups is 1. The summed E-state index contributed by atoms with van der Waals surface area (Å²) in [6.45, 7) is 2.01. The topological polar surface area (TPSA) is 115 Å². The predicted molar refractivity (Wildman–Crippen MR) is 132 cm³/mol. The highest BCUT2D eigenvalue weighted by molar-refractivity contribution is 7.96. The average molecular weight is 511 g/mol. The van der Waals surface area contributed by atoms with Crippen LogP contribution in [0.2, 0.25) is 0 Å². The van der Waals surface area contributed by atoms with Gasteiger partial charge in [0, 0.05) is 18.7 Å². The van der Waals surface area contributed by atoms with Crippen molar-refractivity contribution in [2.24, 2.45) is 4.99 Å². The summed E-state index contributed by atoms with van der Waals surface area (Å²) in [5.74, 6) is -1.60. The van der Waals surface area contributed by atoms with Gasteiger partial charge in [0.1, 0.15) is 18.0 Å². The van der Waals surface area contributed by atoms with E-state index in [1.807, 2.05) is 25.1 Å². The molecule has 0 radical (unpaired) electrons. The number of aliphatic hydroxyl groups is 1. The lowest BCUT2D eigenvalue weighted by Crippen LogP contribution is -2.49. The maximum Gasteiger partial charge on any atom is 0.160 e. The third-order valence-corrected chi connectivity index (χ3v) is 7.54. The number of nitrogens with one attached hydrogen (secondary N) is 3. The molecular weight excluding hydrogens is 482 g/mol. The lowest BCUT2D eigenvalue weighted by Gasteiger charge is -2.30. The molecule has 3 rings (SSSR count). The van der Waals surface area contributed by atoms with Crippen LogP contribution in [-0.2, 0) is 28.4 Å². The Morgan fingerprint density at radius 2 is 1.97 bits per heavy atom. The van der Waals surface area contributed by atoms with Crippen LogP contribution >= 0.6 is 12.6 Å². The van der Waals surface area contributed by atoms with Crippen LogP contribution in [0.15, 0.2) is 41.4 Å². The summed E-state index contributed by atoms with van der Waals surface area (Å²) in [4.78, 5) is 3.69. The number of halogens is 2. The third-order valence-electron chi connectivity index (χ3n) is 5.71. The molecule has 3 atom stereocenters. The summed E-state index contributed by atoms with van der Waals surface area (Å²) >= 11 is 4.13. The number of hydrogen-bond donors (Lipinski definition) is 5. The molecule has 7 nitrogen and oxygen atoms in total. The molecule has 0 aromatic heterocycles. The van der Waals surface area contributed by atoms with Crippen LogP contribution in [0, 0.1) is 17.0 Å². The van der Waals surface area contributed by atoms with E-state index in [1.54, 1.807) is 0 Å². The van der Waals surface area contributed by atoms with Gasteiger partial charge in [0.2, 0.25) is 0 Å². The average Bonchev–Trinajstić information content (AvgIpc) is 2.75. The SMILES string of the molecule is CCc1ccc2c(c1)C(NCC(O)C(Cc1cc(F)cc(F)c1)N/C(S)=N/C=N)CS(=O)(=O)C2. The molecule has 34 heavy (non-hydrogen) atoms. The maximum atomic E-state index is 13.7. The summed E-state index contributed by atoms with van der Waals surface area (Å²) in [5.41, 5.74) is 3.01. The van der Waals surface area contributed by atoms with Crippen molar-refractivity contribution in [2.75, 3.05) is 12.3 Å². The van der Waals surface area contributed by atoms with E-state index < -0.39 is 39.7 Å². The van der Waals surface area contributed by atoms with Crippen molar-refractivity contribution in [1.82, 2.24) is 10.6 Å². The van der Waals surface area contributed by atoms with Gasteiger partial charge >= 0.3 is 0 Å². The van der Waals surface area contributed by atoms with Crippen LogP contribution < -0.4 is 10.6 Å². The van der Waals surface area contributed by atoms with Crippen molar-refractivity contribution in [3.05, 3.63) is 70.3 Å². The first-order valence-corrected chi connectivity index (χ1v) is 13.1. The van der Waals surface area contributed by atoms with Crippen molar-refractivity contribution < 1.29 is 22.3 Å². The molecule has 0 bridgehead atoms. The van der Waals surface area contributed by atoms with E-state index in [4.69, 9.17) is 5.41 Å². The standard InChI is InChI=1S/C23H28F2N4O3S2/c1-2-14-3-4-16-11-34(31,32)12-21(19(16)7-14)27-10-22(30)20(29-23(33)28-13-26)8-15-5-17(24)9-18(25)6-15/h3-7,9,13,20-22,27,30H,2,8,10-12H2,1H3,(H3,26,28,29,33). The Kier molecular flexibility index (Phi) is 8.80. The predicted octanol–water partition coefficient (Wildman–Crippen LogP) is 2.54. The number of aryl methyl sites for hydroxylation is 1. The first-order valence-electron chi connectivity index (χ1n) is 10.8. The molecule has 4 N–H and O–H groups in total. The van der Waals surface area contributed by atoms with Gasteiger partial charge in [-0.1, -0.05) is 25.1 Å². The quantitative estimate of drug-likeness (QED) is 0.202. The summed E-state index contributed by atoms with van der Waals surface area (Å²) in [7, 11) is -3.32. The van der Waals surface area contributed by atoms with E-state index in [-0.39, 0.29) is 29.6 Å². The summed E-state index contributed by atoms with van der Waals surface area (Å²) in [5, 5.41) is 24.1. The molecule has 1 aliphatic rings. The van der Waals surface area contributed by atoms with Gasteiger partial charge in [-0.2, -0.15) is 0 Å². The number of fused-ring (bicyclic) bond motifs is 1. The van der Waals surface area contributed by atoms with E-state index in [0.29, 0.717) is 5.56 Å². The zero-order valence-corrected chi connectivity index (χ0v) is 20.3. The fourth-order valence-corrected chi connectivity index (χ4v) is 5.95. The monoisotopic (exact) mass is 510 g/mol. The van der Waals surface area contributed by atoms with E-state index in [9.17, 15) is 22.3 Å². The van der Waals surface area contributed by atoms with Gasteiger partial charge in [-0.05, 0) is 47.2 Å². The zero-order valence-electron chi connectivity index (χ0n) is 18.6. The van der Waals surface area contributed by atoms with Gasteiger partial charge < -0.3 is 15.7 Å². The summed E-state index contributed by atoms with van der Waals surface area (Å²) < 4.78 is 52.2.